The molecule has 0 amide bonds. The van der Waals surface area contributed by atoms with Crippen LogP contribution in [0.1, 0.15) is 5.56 Å². The Balaban J connectivity index is 2.74. The van der Waals surface area contributed by atoms with Crippen LogP contribution in [0, 0.1) is 5.82 Å². The van der Waals surface area contributed by atoms with E-state index in [1.807, 2.05) is 0 Å². The maximum Gasteiger partial charge on any atom is 0.317 e. The van der Waals surface area contributed by atoms with Crippen molar-refractivity contribution in [1.82, 2.24) is 4.90 Å². The summed E-state index contributed by atoms with van der Waals surface area (Å²) < 4.78 is 18.4. The van der Waals surface area contributed by atoms with Crippen molar-refractivity contribution in [2.24, 2.45) is 0 Å². The Morgan fingerprint density at radius 2 is 2.28 bits per heavy atom. The van der Waals surface area contributed by atoms with Gasteiger partial charge in [0, 0.05) is 30.8 Å². The van der Waals surface area contributed by atoms with Crippen molar-refractivity contribution < 1.29 is 19.0 Å². The Morgan fingerprint density at radius 3 is 2.89 bits per heavy atom. The average molecular weight is 276 g/mol. The average Bonchev–Trinajstić information content (AvgIpc) is 2.30. The molecule has 1 N–H and O–H groups in total. The van der Waals surface area contributed by atoms with Gasteiger partial charge < -0.3 is 9.84 Å². The summed E-state index contributed by atoms with van der Waals surface area (Å²) in [6.45, 7) is 0.807. The predicted octanol–water partition coefficient (Wildman–Crippen LogP) is 2.01. The SMILES string of the molecule is COCCN(CC(=O)O)Cc1cc(Cl)ccc1F. The van der Waals surface area contributed by atoms with Crippen molar-refractivity contribution in [1.29, 1.82) is 0 Å². The van der Waals surface area contributed by atoms with E-state index < -0.39 is 11.8 Å². The summed E-state index contributed by atoms with van der Waals surface area (Å²) in [4.78, 5) is 12.3. The Bertz CT molecular complexity index is 414. The van der Waals surface area contributed by atoms with Crippen LogP contribution in [-0.4, -0.2) is 42.8 Å². The summed E-state index contributed by atoms with van der Waals surface area (Å²) in [5, 5.41) is 9.21. The van der Waals surface area contributed by atoms with Gasteiger partial charge in [0.25, 0.3) is 0 Å². The number of hydrogen-bond acceptors (Lipinski definition) is 3. The molecule has 0 saturated carbocycles. The molecule has 0 fully saturated rings. The van der Waals surface area contributed by atoms with Gasteiger partial charge in [-0.2, -0.15) is 0 Å². The molecule has 4 nitrogen and oxygen atoms in total. The van der Waals surface area contributed by atoms with Crippen LogP contribution in [0.5, 0.6) is 0 Å². The van der Waals surface area contributed by atoms with E-state index in [0.717, 1.165) is 0 Å². The van der Waals surface area contributed by atoms with E-state index in [1.165, 1.54) is 25.3 Å². The summed E-state index contributed by atoms with van der Waals surface area (Å²) in [7, 11) is 1.53. The number of ether oxygens (including phenoxy) is 1. The molecule has 100 valence electrons. The highest BCUT2D eigenvalue weighted by Crippen LogP contribution is 2.16. The zero-order chi connectivity index (χ0) is 13.5. The molecule has 6 heteroatoms. The third-order valence-corrected chi connectivity index (χ3v) is 2.61. The number of rotatable bonds is 7. The molecule has 0 spiro atoms. The van der Waals surface area contributed by atoms with E-state index >= 15 is 0 Å². The molecule has 0 aromatic heterocycles. The first-order valence-corrected chi connectivity index (χ1v) is 5.77. The van der Waals surface area contributed by atoms with Crippen molar-refractivity contribution in [3.63, 3.8) is 0 Å². The predicted molar refractivity (Wildman–Crippen MR) is 66.2 cm³/mol. The van der Waals surface area contributed by atoms with Gasteiger partial charge in [-0.3, -0.25) is 9.69 Å². The fourth-order valence-electron chi connectivity index (χ4n) is 1.53. The Hall–Kier alpha value is -1.17. The summed E-state index contributed by atoms with van der Waals surface area (Å²) in [6.07, 6.45) is 0. The summed E-state index contributed by atoms with van der Waals surface area (Å²) in [5.74, 6) is -1.36. The number of benzene rings is 1. The van der Waals surface area contributed by atoms with Crippen molar-refractivity contribution >= 4 is 17.6 Å². The second kappa shape index (κ2) is 7.31. The maximum atomic E-state index is 13.5. The molecular weight excluding hydrogens is 261 g/mol. The molecule has 0 aliphatic heterocycles. The van der Waals surface area contributed by atoms with Gasteiger partial charge in [0.15, 0.2) is 0 Å². The molecule has 0 saturated heterocycles. The number of carboxylic acid groups (broad SMARTS) is 1. The lowest BCUT2D eigenvalue weighted by Crippen LogP contribution is -2.32. The molecule has 0 bridgehead atoms. The largest absolute Gasteiger partial charge is 0.480 e. The van der Waals surface area contributed by atoms with Crippen LogP contribution in [0.25, 0.3) is 0 Å². The minimum atomic E-state index is -0.964. The minimum Gasteiger partial charge on any atom is -0.480 e. The zero-order valence-electron chi connectivity index (χ0n) is 10.0. The van der Waals surface area contributed by atoms with Crippen LogP contribution in [0.4, 0.5) is 4.39 Å². The Morgan fingerprint density at radius 1 is 1.56 bits per heavy atom. The van der Waals surface area contributed by atoms with Crippen LogP contribution >= 0.6 is 11.6 Å². The topological polar surface area (TPSA) is 49.8 Å². The number of carboxylic acids is 1. The number of nitrogens with zero attached hydrogens (tertiary/aromatic N) is 1. The molecule has 0 radical (unpaired) electrons. The molecule has 0 aliphatic rings. The van der Waals surface area contributed by atoms with E-state index in [9.17, 15) is 9.18 Å². The molecule has 18 heavy (non-hydrogen) atoms. The van der Waals surface area contributed by atoms with Crippen LogP contribution in [0.3, 0.4) is 0 Å². The zero-order valence-corrected chi connectivity index (χ0v) is 10.8. The first kappa shape index (κ1) is 14.9. The second-order valence-electron chi connectivity index (χ2n) is 3.83. The van der Waals surface area contributed by atoms with Gasteiger partial charge in [-0.1, -0.05) is 11.6 Å². The lowest BCUT2D eigenvalue weighted by molar-refractivity contribution is -0.138. The highest BCUT2D eigenvalue weighted by molar-refractivity contribution is 6.30. The van der Waals surface area contributed by atoms with Crippen LogP contribution < -0.4 is 0 Å². The number of halogens is 2. The van der Waals surface area contributed by atoms with Crippen molar-refractivity contribution in [3.8, 4) is 0 Å². The van der Waals surface area contributed by atoms with Gasteiger partial charge in [-0.05, 0) is 18.2 Å². The first-order chi connectivity index (χ1) is 8.52. The molecular formula is C12H15ClFNO3. The van der Waals surface area contributed by atoms with E-state index in [1.54, 1.807) is 4.90 Å². The third-order valence-electron chi connectivity index (χ3n) is 2.37. The Kier molecular flexibility index (Phi) is 6.04. The van der Waals surface area contributed by atoms with Crippen LogP contribution in [0.15, 0.2) is 18.2 Å². The van der Waals surface area contributed by atoms with Crippen LogP contribution in [-0.2, 0) is 16.1 Å². The number of hydrogen-bond donors (Lipinski definition) is 1. The van der Waals surface area contributed by atoms with E-state index in [2.05, 4.69) is 0 Å². The smallest absolute Gasteiger partial charge is 0.317 e. The summed E-state index contributed by atoms with van der Waals surface area (Å²) >= 11 is 5.78. The lowest BCUT2D eigenvalue weighted by Gasteiger charge is -2.20. The van der Waals surface area contributed by atoms with Crippen molar-refractivity contribution in [2.45, 2.75) is 6.54 Å². The molecule has 0 atom stereocenters. The summed E-state index contributed by atoms with van der Waals surface area (Å²) in [6, 6.07) is 4.22. The van der Waals surface area contributed by atoms with Gasteiger partial charge >= 0.3 is 5.97 Å². The number of carbonyl (C=O) groups is 1. The van der Waals surface area contributed by atoms with Gasteiger partial charge in [0.2, 0.25) is 0 Å². The van der Waals surface area contributed by atoms with Gasteiger partial charge in [-0.15, -0.1) is 0 Å². The highest BCUT2D eigenvalue weighted by atomic mass is 35.5. The van der Waals surface area contributed by atoms with Crippen LogP contribution in [0.2, 0.25) is 5.02 Å². The minimum absolute atomic E-state index is 0.171. The molecule has 0 heterocycles. The van der Waals surface area contributed by atoms with E-state index in [0.29, 0.717) is 23.7 Å². The normalized spacial score (nSPS) is 10.9. The number of methoxy groups -OCH3 is 1. The molecule has 0 unspecified atom stereocenters. The molecule has 1 aromatic rings. The molecule has 1 rings (SSSR count). The fraction of sp³-hybridized carbons (Fsp3) is 0.417. The second-order valence-corrected chi connectivity index (χ2v) is 4.27. The quantitative estimate of drug-likeness (QED) is 0.827. The van der Waals surface area contributed by atoms with Gasteiger partial charge in [-0.25, -0.2) is 4.39 Å². The Labute approximate surface area is 110 Å². The van der Waals surface area contributed by atoms with E-state index in [-0.39, 0.29) is 13.1 Å². The molecule has 0 aliphatic carbocycles. The van der Waals surface area contributed by atoms with Gasteiger partial charge in [0.1, 0.15) is 5.82 Å². The van der Waals surface area contributed by atoms with E-state index in [4.69, 9.17) is 21.4 Å². The highest BCUT2D eigenvalue weighted by Gasteiger charge is 2.13. The summed E-state index contributed by atoms with van der Waals surface area (Å²) in [5.41, 5.74) is 0.375. The lowest BCUT2D eigenvalue weighted by atomic mass is 10.2. The molecule has 1 aromatic carbocycles. The third kappa shape index (κ3) is 5.00. The van der Waals surface area contributed by atoms with Crippen molar-refractivity contribution in [3.05, 3.63) is 34.6 Å². The monoisotopic (exact) mass is 275 g/mol. The standard InChI is InChI=1S/C12H15ClFNO3/c1-18-5-4-15(8-12(16)17)7-9-6-10(13)2-3-11(9)14/h2-3,6H,4-5,7-8H2,1H3,(H,16,17). The first-order valence-electron chi connectivity index (χ1n) is 5.40. The number of aliphatic carboxylic acids is 1. The maximum absolute atomic E-state index is 13.5. The van der Waals surface area contributed by atoms with Gasteiger partial charge in [0.05, 0.1) is 13.2 Å². The van der Waals surface area contributed by atoms with Crippen molar-refractivity contribution in [2.75, 3.05) is 26.8 Å². The fourth-order valence-corrected chi connectivity index (χ4v) is 1.73.